The molecule has 1 fully saturated rings. The number of rotatable bonds is 4. The second-order valence-corrected chi connectivity index (χ2v) is 5.41. The Kier molecular flexibility index (Phi) is 4.60. The van der Waals surface area contributed by atoms with Gasteiger partial charge in [-0.2, -0.15) is 0 Å². The molecule has 1 rings (SSSR count). The molecule has 0 aromatic carbocycles. The minimum absolute atomic E-state index is 0.264. The molecule has 0 heterocycles. The van der Waals surface area contributed by atoms with Gasteiger partial charge in [0, 0.05) is 6.54 Å². The SMILES string of the molecule is CCC1CCCCC1C(O)(CN)C(C)C. The molecule has 3 atom stereocenters. The Morgan fingerprint density at radius 2 is 1.93 bits per heavy atom. The van der Waals surface area contributed by atoms with E-state index >= 15 is 0 Å². The molecule has 1 aliphatic carbocycles. The Labute approximate surface area is 94.2 Å². The summed E-state index contributed by atoms with van der Waals surface area (Å²) in [5, 5.41) is 10.7. The molecule has 0 amide bonds. The summed E-state index contributed by atoms with van der Waals surface area (Å²) in [6.45, 7) is 6.83. The molecule has 2 nitrogen and oxygen atoms in total. The fourth-order valence-electron chi connectivity index (χ4n) is 3.17. The van der Waals surface area contributed by atoms with Crippen LogP contribution in [-0.2, 0) is 0 Å². The van der Waals surface area contributed by atoms with Crippen molar-refractivity contribution in [2.75, 3.05) is 6.54 Å². The Morgan fingerprint density at radius 3 is 2.40 bits per heavy atom. The van der Waals surface area contributed by atoms with E-state index in [0.29, 0.717) is 18.4 Å². The Bertz CT molecular complexity index is 193. The smallest absolute Gasteiger partial charge is 0.0822 e. The van der Waals surface area contributed by atoms with E-state index in [2.05, 4.69) is 20.8 Å². The summed E-state index contributed by atoms with van der Waals surface area (Å²) >= 11 is 0. The summed E-state index contributed by atoms with van der Waals surface area (Å²) in [5.74, 6) is 1.36. The van der Waals surface area contributed by atoms with E-state index in [0.717, 1.165) is 6.42 Å². The number of aliphatic hydroxyl groups is 1. The highest BCUT2D eigenvalue weighted by atomic mass is 16.3. The van der Waals surface area contributed by atoms with Crippen LogP contribution in [0.4, 0.5) is 0 Å². The maximum atomic E-state index is 10.7. The molecule has 1 saturated carbocycles. The summed E-state index contributed by atoms with van der Waals surface area (Å²) in [6, 6.07) is 0. The van der Waals surface area contributed by atoms with Crippen LogP contribution in [0.1, 0.15) is 52.9 Å². The molecule has 0 bridgehead atoms. The summed E-state index contributed by atoms with van der Waals surface area (Å²) < 4.78 is 0. The van der Waals surface area contributed by atoms with Crippen molar-refractivity contribution in [1.82, 2.24) is 0 Å². The van der Waals surface area contributed by atoms with Crippen molar-refractivity contribution in [1.29, 1.82) is 0 Å². The predicted molar refractivity (Wildman–Crippen MR) is 64.6 cm³/mol. The maximum Gasteiger partial charge on any atom is 0.0822 e. The number of nitrogens with two attached hydrogens (primary N) is 1. The van der Waals surface area contributed by atoms with Crippen molar-refractivity contribution in [3.05, 3.63) is 0 Å². The van der Waals surface area contributed by atoms with Crippen LogP contribution in [0, 0.1) is 17.8 Å². The topological polar surface area (TPSA) is 46.2 Å². The Balaban J connectivity index is 2.80. The Morgan fingerprint density at radius 1 is 1.33 bits per heavy atom. The van der Waals surface area contributed by atoms with Crippen LogP contribution < -0.4 is 5.73 Å². The fourth-order valence-corrected chi connectivity index (χ4v) is 3.17. The van der Waals surface area contributed by atoms with Gasteiger partial charge in [-0.25, -0.2) is 0 Å². The third-order valence-corrected chi connectivity index (χ3v) is 4.40. The van der Waals surface area contributed by atoms with E-state index in [-0.39, 0.29) is 5.92 Å². The summed E-state index contributed by atoms with van der Waals surface area (Å²) in [5.41, 5.74) is 5.17. The molecule has 0 aliphatic heterocycles. The van der Waals surface area contributed by atoms with E-state index in [1.807, 2.05) is 0 Å². The van der Waals surface area contributed by atoms with Gasteiger partial charge in [-0.1, -0.05) is 46.5 Å². The van der Waals surface area contributed by atoms with Gasteiger partial charge in [0.05, 0.1) is 5.60 Å². The zero-order valence-electron chi connectivity index (χ0n) is 10.5. The molecule has 90 valence electrons. The first kappa shape index (κ1) is 13.0. The molecule has 3 unspecified atom stereocenters. The zero-order chi connectivity index (χ0) is 11.5. The average molecular weight is 213 g/mol. The zero-order valence-corrected chi connectivity index (χ0v) is 10.5. The highest BCUT2D eigenvalue weighted by molar-refractivity contribution is 4.94. The molecule has 15 heavy (non-hydrogen) atoms. The third-order valence-electron chi connectivity index (χ3n) is 4.40. The molecular formula is C13H27NO. The van der Waals surface area contributed by atoms with Gasteiger partial charge in [-0.3, -0.25) is 0 Å². The average Bonchev–Trinajstić information content (AvgIpc) is 2.27. The van der Waals surface area contributed by atoms with Crippen molar-refractivity contribution in [3.63, 3.8) is 0 Å². The van der Waals surface area contributed by atoms with Crippen LogP contribution in [0.2, 0.25) is 0 Å². The lowest BCUT2D eigenvalue weighted by molar-refractivity contribution is -0.0844. The monoisotopic (exact) mass is 213 g/mol. The molecule has 0 aromatic heterocycles. The van der Waals surface area contributed by atoms with Crippen molar-refractivity contribution in [2.24, 2.45) is 23.5 Å². The first-order valence-corrected chi connectivity index (χ1v) is 6.48. The van der Waals surface area contributed by atoms with Gasteiger partial charge in [0.2, 0.25) is 0 Å². The molecule has 3 N–H and O–H groups in total. The molecule has 2 heteroatoms. The number of hydrogen-bond donors (Lipinski definition) is 2. The largest absolute Gasteiger partial charge is 0.388 e. The van der Waals surface area contributed by atoms with Gasteiger partial charge in [-0.15, -0.1) is 0 Å². The van der Waals surface area contributed by atoms with Crippen molar-refractivity contribution in [3.8, 4) is 0 Å². The second kappa shape index (κ2) is 5.31. The maximum absolute atomic E-state index is 10.7. The van der Waals surface area contributed by atoms with E-state index in [4.69, 9.17) is 5.73 Å². The summed E-state index contributed by atoms with van der Waals surface area (Å²) in [4.78, 5) is 0. The molecule has 1 aliphatic rings. The quantitative estimate of drug-likeness (QED) is 0.754. The minimum Gasteiger partial charge on any atom is -0.388 e. The van der Waals surface area contributed by atoms with Crippen molar-refractivity contribution >= 4 is 0 Å². The van der Waals surface area contributed by atoms with Crippen molar-refractivity contribution in [2.45, 2.75) is 58.5 Å². The highest BCUT2D eigenvalue weighted by Crippen LogP contribution is 2.41. The van der Waals surface area contributed by atoms with Gasteiger partial charge in [0.25, 0.3) is 0 Å². The standard InChI is InChI=1S/C13H27NO/c1-4-11-7-5-6-8-12(11)13(15,9-14)10(2)3/h10-12,15H,4-9,14H2,1-3H3. The molecular weight excluding hydrogens is 186 g/mol. The number of hydrogen-bond acceptors (Lipinski definition) is 2. The van der Waals surface area contributed by atoms with Crippen LogP contribution in [0.15, 0.2) is 0 Å². The summed E-state index contributed by atoms with van der Waals surface area (Å²) in [6.07, 6.45) is 6.20. The second-order valence-electron chi connectivity index (χ2n) is 5.41. The van der Waals surface area contributed by atoms with Crippen LogP contribution in [0.3, 0.4) is 0 Å². The van der Waals surface area contributed by atoms with Crippen LogP contribution in [0.25, 0.3) is 0 Å². The lowest BCUT2D eigenvalue weighted by atomic mass is 9.65. The van der Waals surface area contributed by atoms with Crippen LogP contribution >= 0.6 is 0 Å². The van der Waals surface area contributed by atoms with E-state index in [1.165, 1.54) is 25.7 Å². The molecule has 0 aromatic rings. The fraction of sp³-hybridized carbons (Fsp3) is 1.00. The van der Waals surface area contributed by atoms with Gasteiger partial charge >= 0.3 is 0 Å². The van der Waals surface area contributed by atoms with Gasteiger partial charge in [0.1, 0.15) is 0 Å². The first-order valence-electron chi connectivity index (χ1n) is 6.48. The minimum atomic E-state index is -0.638. The molecule has 0 spiro atoms. The van der Waals surface area contributed by atoms with E-state index in [9.17, 15) is 5.11 Å². The van der Waals surface area contributed by atoms with E-state index < -0.39 is 5.60 Å². The van der Waals surface area contributed by atoms with Gasteiger partial charge in [0.15, 0.2) is 0 Å². The lowest BCUT2D eigenvalue weighted by Crippen LogP contribution is -2.52. The van der Waals surface area contributed by atoms with Gasteiger partial charge < -0.3 is 10.8 Å². The van der Waals surface area contributed by atoms with Crippen LogP contribution in [-0.4, -0.2) is 17.3 Å². The van der Waals surface area contributed by atoms with Gasteiger partial charge in [-0.05, 0) is 24.2 Å². The lowest BCUT2D eigenvalue weighted by Gasteiger charge is -2.45. The predicted octanol–water partition coefficient (Wildman–Crippen LogP) is 2.55. The molecule has 0 saturated heterocycles. The van der Waals surface area contributed by atoms with Crippen LogP contribution in [0.5, 0.6) is 0 Å². The Hall–Kier alpha value is -0.0800. The van der Waals surface area contributed by atoms with Crippen molar-refractivity contribution < 1.29 is 5.11 Å². The highest BCUT2D eigenvalue weighted by Gasteiger charge is 2.42. The van der Waals surface area contributed by atoms with E-state index in [1.54, 1.807) is 0 Å². The molecule has 0 radical (unpaired) electrons. The third kappa shape index (κ3) is 2.54. The summed E-state index contributed by atoms with van der Waals surface area (Å²) in [7, 11) is 0. The first-order chi connectivity index (χ1) is 7.06. The normalized spacial score (nSPS) is 31.6.